The maximum Gasteiger partial charge on any atom is 0.153 e. The van der Waals surface area contributed by atoms with E-state index in [0.717, 1.165) is 12.5 Å². The standard InChI is InChI=1S/C15H30N2O2S/c1-4-13-5-6-15(16-3)14(9-13)10-17-7-8-20(18,19)11-12(17)2/h12-16H,4-11H2,1-3H3. The van der Waals surface area contributed by atoms with E-state index in [4.69, 9.17) is 0 Å². The van der Waals surface area contributed by atoms with Crippen molar-refractivity contribution in [3.05, 3.63) is 0 Å². The van der Waals surface area contributed by atoms with Crippen molar-refractivity contribution < 1.29 is 8.42 Å². The molecule has 5 heteroatoms. The molecule has 0 aromatic rings. The maximum atomic E-state index is 11.7. The van der Waals surface area contributed by atoms with Crippen LogP contribution in [-0.2, 0) is 9.84 Å². The Labute approximate surface area is 124 Å². The number of sulfone groups is 1. The van der Waals surface area contributed by atoms with Crippen LogP contribution in [0.15, 0.2) is 0 Å². The van der Waals surface area contributed by atoms with Crippen LogP contribution in [0.4, 0.5) is 0 Å². The van der Waals surface area contributed by atoms with Gasteiger partial charge in [-0.3, -0.25) is 4.90 Å². The van der Waals surface area contributed by atoms with Crippen LogP contribution in [0.5, 0.6) is 0 Å². The van der Waals surface area contributed by atoms with Gasteiger partial charge in [0.15, 0.2) is 9.84 Å². The molecule has 118 valence electrons. The zero-order valence-electron chi connectivity index (χ0n) is 13.1. The van der Waals surface area contributed by atoms with Gasteiger partial charge in [-0.2, -0.15) is 0 Å². The molecular weight excluding hydrogens is 272 g/mol. The van der Waals surface area contributed by atoms with Gasteiger partial charge in [0.1, 0.15) is 0 Å². The molecular formula is C15H30N2O2S. The molecule has 0 bridgehead atoms. The third-order valence-corrected chi connectivity index (χ3v) is 7.11. The van der Waals surface area contributed by atoms with E-state index in [2.05, 4.69) is 31.1 Å². The molecule has 2 fully saturated rings. The Morgan fingerprint density at radius 3 is 2.65 bits per heavy atom. The zero-order valence-corrected chi connectivity index (χ0v) is 14.0. The maximum absolute atomic E-state index is 11.7. The molecule has 1 saturated heterocycles. The quantitative estimate of drug-likeness (QED) is 0.855. The zero-order chi connectivity index (χ0) is 14.8. The van der Waals surface area contributed by atoms with Crippen LogP contribution in [0.25, 0.3) is 0 Å². The summed E-state index contributed by atoms with van der Waals surface area (Å²) in [7, 11) is -0.734. The lowest BCUT2D eigenvalue weighted by Crippen LogP contribution is -2.52. The molecule has 4 atom stereocenters. The van der Waals surface area contributed by atoms with Gasteiger partial charge in [-0.05, 0) is 45.1 Å². The van der Waals surface area contributed by atoms with Gasteiger partial charge in [0.25, 0.3) is 0 Å². The lowest BCUT2D eigenvalue weighted by Gasteiger charge is -2.41. The normalized spacial score (nSPS) is 38.8. The van der Waals surface area contributed by atoms with Crippen molar-refractivity contribution in [2.75, 3.05) is 31.6 Å². The fraction of sp³-hybridized carbons (Fsp3) is 1.00. The van der Waals surface area contributed by atoms with E-state index < -0.39 is 9.84 Å². The van der Waals surface area contributed by atoms with E-state index in [1.807, 2.05) is 0 Å². The van der Waals surface area contributed by atoms with Crippen LogP contribution in [0, 0.1) is 11.8 Å². The highest BCUT2D eigenvalue weighted by Crippen LogP contribution is 2.32. The monoisotopic (exact) mass is 302 g/mol. The van der Waals surface area contributed by atoms with Crippen LogP contribution in [0.2, 0.25) is 0 Å². The van der Waals surface area contributed by atoms with E-state index in [-0.39, 0.29) is 6.04 Å². The van der Waals surface area contributed by atoms with Crippen molar-refractivity contribution in [3.63, 3.8) is 0 Å². The van der Waals surface area contributed by atoms with Gasteiger partial charge in [0.05, 0.1) is 11.5 Å². The number of rotatable bonds is 4. The first-order valence-electron chi connectivity index (χ1n) is 8.07. The first-order valence-corrected chi connectivity index (χ1v) is 9.89. The molecule has 1 aliphatic heterocycles. The molecule has 1 saturated carbocycles. The molecule has 4 unspecified atom stereocenters. The number of hydrogen-bond donors (Lipinski definition) is 1. The number of nitrogens with zero attached hydrogens (tertiary/aromatic N) is 1. The van der Waals surface area contributed by atoms with Gasteiger partial charge in [0.2, 0.25) is 0 Å². The van der Waals surface area contributed by atoms with E-state index in [1.54, 1.807) is 0 Å². The van der Waals surface area contributed by atoms with E-state index in [0.29, 0.717) is 30.0 Å². The second-order valence-electron chi connectivity index (χ2n) is 6.70. The van der Waals surface area contributed by atoms with Crippen molar-refractivity contribution in [2.45, 2.75) is 51.6 Å². The molecule has 1 N–H and O–H groups in total. The van der Waals surface area contributed by atoms with Crippen LogP contribution in [0.3, 0.4) is 0 Å². The molecule has 4 nitrogen and oxygen atoms in total. The fourth-order valence-corrected chi connectivity index (χ4v) is 5.54. The topological polar surface area (TPSA) is 49.4 Å². The predicted octanol–water partition coefficient (Wildman–Crippen LogP) is 1.52. The van der Waals surface area contributed by atoms with Gasteiger partial charge in [-0.25, -0.2) is 8.42 Å². The second kappa shape index (κ2) is 6.75. The lowest BCUT2D eigenvalue weighted by molar-refractivity contribution is 0.124. The Bertz CT molecular complexity index is 410. The third kappa shape index (κ3) is 3.95. The van der Waals surface area contributed by atoms with E-state index >= 15 is 0 Å². The molecule has 0 spiro atoms. The summed E-state index contributed by atoms with van der Waals surface area (Å²) in [5.41, 5.74) is 0. The summed E-state index contributed by atoms with van der Waals surface area (Å²) in [4.78, 5) is 2.40. The first-order chi connectivity index (χ1) is 9.45. The highest BCUT2D eigenvalue weighted by atomic mass is 32.2. The minimum atomic E-state index is -2.80. The van der Waals surface area contributed by atoms with Gasteiger partial charge in [0, 0.05) is 25.2 Å². The summed E-state index contributed by atoms with van der Waals surface area (Å²) in [6.07, 6.45) is 5.16. The smallest absolute Gasteiger partial charge is 0.153 e. The van der Waals surface area contributed by atoms with Crippen LogP contribution in [0.1, 0.15) is 39.5 Å². The Morgan fingerprint density at radius 1 is 1.30 bits per heavy atom. The summed E-state index contributed by atoms with van der Waals surface area (Å²) in [6.45, 7) is 6.12. The predicted molar refractivity (Wildman–Crippen MR) is 83.7 cm³/mol. The molecule has 2 aliphatic rings. The van der Waals surface area contributed by atoms with E-state index in [1.165, 1.54) is 25.7 Å². The Kier molecular flexibility index (Phi) is 5.49. The largest absolute Gasteiger partial charge is 0.317 e. The van der Waals surface area contributed by atoms with Crippen molar-refractivity contribution in [1.29, 1.82) is 0 Å². The van der Waals surface area contributed by atoms with Crippen LogP contribution >= 0.6 is 0 Å². The van der Waals surface area contributed by atoms with Gasteiger partial charge >= 0.3 is 0 Å². The fourth-order valence-electron chi connectivity index (χ4n) is 3.92. The molecule has 1 heterocycles. The van der Waals surface area contributed by atoms with Crippen LogP contribution in [-0.4, -0.2) is 57.0 Å². The Hall–Kier alpha value is -0.130. The minimum absolute atomic E-state index is 0.174. The molecule has 0 amide bonds. The third-order valence-electron chi connectivity index (χ3n) is 5.32. The molecule has 0 aromatic carbocycles. The molecule has 0 radical (unpaired) electrons. The average molecular weight is 302 g/mol. The lowest BCUT2D eigenvalue weighted by atomic mass is 9.76. The Balaban J connectivity index is 1.96. The van der Waals surface area contributed by atoms with Gasteiger partial charge in [-0.1, -0.05) is 13.3 Å². The summed E-state index contributed by atoms with van der Waals surface area (Å²) >= 11 is 0. The average Bonchev–Trinajstić information content (AvgIpc) is 2.41. The van der Waals surface area contributed by atoms with Crippen molar-refractivity contribution >= 4 is 9.84 Å². The van der Waals surface area contributed by atoms with Crippen molar-refractivity contribution in [3.8, 4) is 0 Å². The summed E-state index contributed by atoms with van der Waals surface area (Å²) in [5, 5.41) is 3.47. The van der Waals surface area contributed by atoms with Crippen molar-refractivity contribution in [2.24, 2.45) is 11.8 Å². The molecule has 2 rings (SSSR count). The SMILES string of the molecule is CCC1CCC(NC)C(CN2CCS(=O)(=O)CC2C)C1. The van der Waals surface area contributed by atoms with Gasteiger partial charge in [-0.15, -0.1) is 0 Å². The number of hydrogen-bond acceptors (Lipinski definition) is 4. The highest BCUT2D eigenvalue weighted by molar-refractivity contribution is 7.91. The van der Waals surface area contributed by atoms with E-state index in [9.17, 15) is 8.42 Å². The summed E-state index contributed by atoms with van der Waals surface area (Å²) < 4.78 is 23.4. The Morgan fingerprint density at radius 2 is 2.05 bits per heavy atom. The van der Waals surface area contributed by atoms with Gasteiger partial charge < -0.3 is 5.32 Å². The van der Waals surface area contributed by atoms with Crippen molar-refractivity contribution in [1.82, 2.24) is 10.2 Å². The molecule has 20 heavy (non-hydrogen) atoms. The number of nitrogens with one attached hydrogen (secondary N) is 1. The summed E-state index contributed by atoms with van der Waals surface area (Å²) in [5.74, 6) is 2.20. The first kappa shape index (κ1) is 16.2. The highest BCUT2D eigenvalue weighted by Gasteiger charge is 2.34. The summed E-state index contributed by atoms with van der Waals surface area (Å²) in [6, 6.07) is 0.775. The molecule has 0 aromatic heterocycles. The minimum Gasteiger partial charge on any atom is -0.317 e. The second-order valence-corrected chi connectivity index (χ2v) is 8.93. The molecule has 1 aliphatic carbocycles. The van der Waals surface area contributed by atoms with Crippen LogP contribution < -0.4 is 5.32 Å².